The second kappa shape index (κ2) is 8.35. The highest BCUT2D eigenvalue weighted by Crippen LogP contribution is 2.39. The molecule has 2 aromatic heterocycles. The molecule has 0 radical (unpaired) electrons. The van der Waals surface area contributed by atoms with E-state index in [0.29, 0.717) is 0 Å². The monoisotopic (exact) mass is 393 g/mol. The SMILES string of the molecule is CC[C@@H](C)[C@@H](NC(=O)CSc1ncnc2sc3c(c12)CCC3)C(=O)OC. The van der Waals surface area contributed by atoms with E-state index in [9.17, 15) is 9.59 Å². The number of aromatic nitrogens is 2. The van der Waals surface area contributed by atoms with Gasteiger partial charge in [0.15, 0.2) is 0 Å². The van der Waals surface area contributed by atoms with Crippen molar-refractivity contribution < 1.29 is 14.3 Å². The van der Waals surface area contributed by atoms with Gasteiger partial charge in [0, 0.05) is 10.3 Å². The van der Waals surface area contributed by atoms with Crippen molar-refractivity contribution in [1.29, 1.82) is 0 Å². The average molecular weight is 394 g/mol. The molecule has 0 fully saturated rings. The first-order chi connectivity index (χ1) is 12.5. The van der Waals surface area contributed by atoms with Crippen LogP contribution in [0.1, 0.15) is 37.1 Å². The van der Waals surface area contributed by atoms with E-state index >= 15 is 0 Å². The molecule has 1 aliphatic carbocycles. The molecule has 0 saturated carbocycles. The zero-order valence-corrected chi connectivity index (χ0v) is 16.8. The molecule has 8 heteroatoms. The molecule has 0 bridgehead atoms. The molecular formula is C18H23N3O3S2. The summed E-state index contributed by atoms with van der Waals surface area (Å²) in [5.74, 6) is -0.370. The molecule has 0 aliphatic heterocycles. The van der Waals surface area contributed by atoms with Crippen LogP contribution in [0.2, 0.25) is 0 Å². The van der Waals surface area contributed by atoms with Crippen molar-refractivity contribution in [3.63, 3.8) is 0 Å². The van der Waals surface area contributed by atoms with Crippen molar-refractivity contribution >= 4 is 45.2 Å². The molecule has 0 spiro atoms. The summed E-state index contributed by atoms with van der Waals surface area (Å²) in [5.41, 5.74) is 1.35. The number of nitrogens with zero attached hydrogens (tertiary/aromatic N) is 2. The number of fused-ring (bicyclic) bond motifs is 3. The Hall–Kier alpha value is -1.67. The molecule has 6 nitrogen and oxygen atoms in total. The summed E-state index contributed by atoms with van der Waals surface area (Å²) in [6, 6.07) is -0.617. The molecule has 2 heterocycles. The van der Waals surface area contributed by atoms with Crippen molar-refractivity contribution in [1.82, 2.24) is 15.3 Å². The molecule has 3 rings (SSSR count). The Morgan fingerprint density at radius 3 is 2.92 bits per heavy atom. The Kier molecular flexibility index (Phi) is 6.13. The van der Waals surface area contributed by atoms with Gasteiger partial charge in [-0.05, 0) is 30.7 Å². The number of carbonyl (C=O) groups excluding carboxylic acids is 2. The van der Waals surface area contributed by atoms with Crippen LogP contribution in [0.5, 0.6) is 0 Å². The van der Waals surface area contributed by atoms with Gasteiger partial charge in [-0.2, -0.15) is 0 Å². The lowest BCUT2D eigenvalue weighted by atomic mass is 9.99. The number of thioether (sulfide) groups is 1. The Morgan fingerprint density at radius 2 is 2.19 bits per heavy atom. The van der Waals surface area contributed by atoms with Gasteiger partial charge in [0.2, 0.25) is 5.91 Å². The summed E-state index contributed by atoms with van der Waals surface area (Å²) in [6.45, 7) is 3.91. The Balaban J connectivity index is 1.70. The smallest absolute Gasteiger partial charge is 0.328 e. The largest absolute Gasteiger partial charge is 0.467 e. The van der Waals surface area contributed by atoms with E-state index in [1.165, 1.54) is 35.7 Å². The van der Waals surface area contributed by atoms with E-state index in [1.54, 1.807) is 17.7 Å². The van der Waals surface area contributed by atoms with E-state index in [-0.39, 0.29) is 17.6 Å². The van der Waals surface area contributed by atoms with Crippen molar-refractivity contribution in [3.8, 4) is 0 Å². The first kappa shape index (κ1) is 19.1. The third-order valence-corrected chi connectivity index (χ3v) is 6.98. The number of aryl methyl sites for hydroxylation is 2. The minimum atomic E-state index is -0.617. The third kappa shape index (κ3) is 3.86. The maximum atomic E-state index is 12.4. The number of amides is 1. The summed E-state index contributed by atoms with van der Waals surface area (Å²) in [4.78, 5) is 35.5. The van der Waals surface area contributed by atoms with Gasteiger partial charge in [-0.3, -0.25) is 4.79 Å². The number of methoxy groups -OCH3 is 1. The number of rotatable bonds is 7. The summed E-state index contributed by atoms with van der Waals surface area (Å²) in [6.07, 6.45) is 5.68. The van der Waals surface area contributed by atoms with E-state index in [2.05, 4.69) is 15.3 Å². The highest BCUT2D eigenvalue weighted by atomic mass is 32.2. The lowest BCUT2D eigenvalue weighted by molar-refractivity contribution is -0.146. The van der Waals surface area contributed by atoms with Crippen LogP contribution in [0.25, 0.3) is 10.2 Å². The fourth-order valence-corrected chi connectivity index (χ4v) is 5.28. The average Bonchev–Trinajstić information content (AvgIpc) is 3.24. The van der Waals surface area contributed by atoms with Gasteiger partial charge in [-0.25, -0.2) is 14.8 Å². The van der Waals surface area contributed by atoms with Crippen molar-refractivity contribution in [3.05, 3.63) is 16.8 Å². The van der Waals surface area contributed by atoms with Crippen molar-refractivity contribution in [2.24, 2.45) is 5.92 Å². The molecule has 2 atom stereocenters. The minimum Gasteiger partial charge on any atom is -0.467 e. The van der Waals surface area contributed by atoms with Crippen molar-refractivity contribution in [2.45, 2.75) is 50.6 Å². The summed E-state index contributed by atoms with van der Waals surface area (Å²) < 4.78 is 4.82. The molecule has 0 saturated heterocycles. The summed E-state index contributed by atoms with van der Waals surface area (Å²) >= 11 is 3.13. The number of carbonyl (C=O) groups is 2. The number of hydrogen-bond acceptors (Lipinski definition) is 7. The molecule has 1 N–H and O–H groups in total. The maximum Gasteiger partial charge on any atom is 0.328 e. The van der Waals surface area contributed by atoms with Crippen LogP contribution in [0.15, 0.2) is 11.4 Å². The minimum absolute atomic E-state index is 0.0160. The predicted molar refractivity (Wildman–Crippen MR) is 104 cm³/mol. The molecule has 26 heavy (non-hydrogen) atoms. The topological polar surface area (TPSA) is 81.2 Å². The van der Waals surface area contributed by atoms with Crippen LogP contribution in [0.3, 0.4) is 0 Å². The number of ether oxygens (including phenoxy) is 1. The van der Waals surface area contributed by atoms with Gasteiger partial charge >= 0.3 is 5.97 Å². The maximum absolute atomic E-state index is 12.4. The first-order valence-corrected chi connectivity index (χ1v) is 10.6. The number of esters is 1. The van der Waals surface area contributed by atoms with E-state index < -0.39 is 12.0 Å². The number of nitrogens with one attached hydrogen (secondary N) is 1. The normalized spacial score (nSPS) is 15.5. The Morgan fingerprint density at radius 1 is 1.38 bits per heavy atom. The molecular weight excluding hydrogens is 370 g/mol. The quantitative estimate of drug-likeness (QED) is 0.442. The zero-order valence-electron chi connectivity index (χ0n) is 15.2. The predicted octanol–water partition coefficient (Wildman–Crippen LogP) is 2.98. The van der Waals surface area contributed by atoms with Crippen LogP contribution in [0, 0.1) is 5.92 Å². The van der Waals surface area contributed by atoms with Crippen LogP contribution in [-0.4, -0.2) is 40.7 Å². The molecule has 0 unspecified atom stereocenters. The fraction of sp³-hybridized carbons (Fsp3) is 0.556. The lowest BCUT2D eigenvalue weighted by Gasteiger charge is -2.21. The third-order valence-electron chi connectivity index (χ3n) is 4.79. The first-order valence-electron chi connectivity index (χ1n) is 8.80. The van der Waals surface area contributed by atoms with Gasteiger partial charge in [0.05, 0.1) is 12.9 Å². The van der Waals surface area contributed by atoms with Gasteiger partial charge < -0.3 is 10.1 Å². The highest BCUT2D eigenvalue weighted by molar-refractivity contribution is 8.00. The molecule has 1 aliphatic rings. The van der Waals surface area contributed by atoms with Gasteiger partial charge in [-0.1, -0.05) is 32.0 Å². The van der Waals surface area contributed by atoms with Crippen LogP contribution in [0.4, 0.5) is 0 Å². The van der Waals surface area contributed by atoms with Gasteiger partial charge in [0.1, 0.15) is 22.2 Å². The Labute approximate surface area is 161 Å². The summed E-state index contributed by atoms with van der Waals surface area (Å²) in [5, 5.41) is 4.76. The van der Waals surface area contributed by atoms with Crippen LogP contribution >= 0.6 is 23.1 Å². The number of thiophene rings is 1. The van der Waals surface area contributed by atoms with Crippen LogP contribution < -0.4 is 5.32 Å². The molecule has 140 valence electrons. The molecule has 0 aromatic carbocycles. The second-order valence-electron chi connectivity index (χ2n) is 6.46. The Bertz CT molecular complexity index is 821. The zero-order chi connectivity index (χ0) is 18.7. The van der Waals surface area contributed by atoms with Crippen LogP contribution in [-0.2, 0) is 27.2 Å². The molecule has 1 amide bonds. The number of hydrogen-bond donors (Lipinski definition) is 1. The van der Waals surface area contributed by atoms with E-state index in [1.807, 2.05) is 13.8 Å². The van der Waals surface area contributed by atoms with Gasteiger partial charge in [-0.15, -0.1) is 11.3 Å². The van der Waals surface area contributed by atoms with Gasteiger partial charge in [0.25, 0.3) is 0 Å². The van der Waals surface area contributed by atoms with E-state index in [4.69, 9.17) is 4.74 Å². The van der Waals surface area contributed by atoms with E-state index in [0.717, 1.165) is 34.5 Å². The highest BCUT2D eigenvalue weighted by Gasteiger charge is 2.27. The summed E-state index contributed by atoms with van der Waals surface area (Å²) in [7, 11) is 1.34. The standard InChI is InChI=1S/C18H23N3O3S2/c1-4-10(2)15(18(23)24-3)21-13(22)8-25-16-14-11-6-5-7-12(11)26-17(14)20-9-19-16/h9-10,15H,4-8H2,1-3H3,(H,21,22)/t10-,15-/m1/s1. The fourth-order valence-electron chi connectivity index (χ4n) is 3.15. The van der Waals surface area contributed by atoms with Crippen molar-refractivity contribution in [2.75, 3.05) is 12.9 Å². The lowest BCUT2D eigenvalue weighted by Crippen LogP contribution is -2.46. The second-order valence-corrected chi connectivity index (χ2v) is 8.51. The molecule has 2 aromatic rings.